The molecule has 4 saturated carbocycles. The third-order valence-electron chi connectivity index (χ3n) is 21.2. The molecule has 2 saturated heterocycles. The summed E-state index contributed by atoms with van der Waals surface area (Å²) in [4.78, 5) is 76.3. The maximum atomic E-state index is 14.6. The first-order valence-corrected chi connectivity index (χ1v) is 31.4. The number of hydrogen-bond donors (Lipinski definition) is 4. The zero-order valence-corrected chi connectivity index (χ0v) is 48.8. The van der Waals surface area contributed by atoms with Gasteiger partial charge in [0.05, 0.1) is 49.2 Å². The van der Waals surface area contributed by atoms with Gasteiger partial charge in [-0.3, -0.25) is 9.59 Å². The van der Waals surface area contributed by atoms with E-state index in [1.807, 2.05) is 16.0 Å². The second-order valence-corrected chi connectivity index (χ2v) is 26.7. The summed E-state index contributed by atoms with van der Waals surface area (Å²) in [6.45, 7) is 10.6. The van der Waals surface area contributed by atoms with Crippen LogP contribution in [0.1, 0.15) is 208 Å². The van der Waals surface area contributed by atoms with E-state index in [0.29, 0.717) is 13.1 Å². The number of carbonyl (C=O) groups excluding carboxylic acids is 4. The number of nitrogens with zero attached hydrogens (tertiary/aromatic N) is 4. The maximum Gasteiger partial charge on any atom is 0.407 e. The predicted molar refractivity (Wildman–Crippen MR) is 317 cm³/mol. The lowest BCUT2D eigenvalue weighted by molar-refractivity contribution is -0.137. The molecule has 2 spiro atoms. The Balaban J connectivity index is 0.863. The molecule has 12 rings (SSSR count). The Morgan fingerprint density at radius 3 is 1.80 bits per heavy atom. The van der Waals surface area contributed by atoms with Gasteiger partial charge in [-0.2, -0.15) is 0 Å². The summed E-state index contributed by atoms with van der Waals surface area (Å²) in [6, 6.07) is 9.78. The van der Waals surface area contributed by atoms with Gasteiger partial charge in [-0.15, -0.1) is 0 Å². The van der Waals surface area contributed by atoms with Crippen molar-refractivity contribution in [3.05, 3.63) is 94.9 Å². The number of allylic oxidation sites excluding steroid dienone is 5. The molecule has 14 heteroatoms. The number of alkyl carbamates (subject to hydrolysis) is 2. The SMILES string of the molecule is C=C1CC2(CCCC2)CC/C(c2cnc([C@@H]3C[C@H](C)CN3C(=O)[C@@H](NC(=O)OC)C3CCCCC3)[nH]2)=C\C=C1c1ccc(-c2ccc3nc([C@@H]4C[C@H](C)CN4C(=O)[C@@H](NC(=O)OC)C4CCCCC4)[nH]c3c2)c2c1CC1(CCCC1)C2. The molecule has 14 nitrogen and oxygen atoms in total. The van der Waals surface area contributed by atoms with Gasteiger partial charge >= 0.3 is 12.2 Å². The second kappa shape index (κ2) is 23.2. The van der Waals surface area contributed by atoms with Gasteiger partial charge in [-0.05, 0) is 187 Å². The van der Waals surface area contributed by atoms with Crippen molar-refractivity contribution in [3.8, 4) is 11.1 Å². The lowest BCUT2D eigenvalue weighted by Gasteiger charge is -2.34. The Labute approximate surface area is 479 Å². The fourth-order valence-corrected chi connectivity index (χ4v) is 16.9. The number of ether oxygens (including phenoxy) is 2. The molecule has 0 bridgehead atoms. The molecule has 6 atom stereocenters. The van der Waals surface area contributed by atoms with Crippen LogP contribution in [0, 0.1) is 34.5 Å². The molecule has 8 aliphatic rings. The number of aromatic amines is 2. The van der Waals surface area contributed by atoms with Crippen molar-refractivity contribution in [3.63, 3.8) is 0 Å². The number of amides is 4. The van der Waals surface area contributed by atoms with Gasteiger partial charge in [-0.1, -0.05) is 115 Å². The quantitative estimate of drug-likeness (QED) is 0.115. The molecule has 4 aromatic rings. The van der Waals surface area contributed by atoms with Gasteiger partial charge in [0.1, 0.15) is 23.7 Å². The molecule has 6 aliphatic carbocycles. The van der Waals surface area contributed by atoms with Crippen LogP contribution in [0.4, 0.5) is 9.59 Å². The molecular formula is C67H88N8O6. The molecule has 4 heterocycles. The van der Waals surface area contributed by atoms with Gasteiger partial charge in [0.25, 0.3) is 0 Å². The van der Waals surface area contributed by atoms with E-state index in [9.17, 15) is 19.2 Å². The Morgan fingerprint density at radius 2 is 1.21 bits per heavy atom. The number of hydrogen-bond acceptors (Lipinski definition) is 8. The summed E-state index contributed by atoms with van der Waals surface area (Å²) in [5, 5.41) is 5.92. The van der Waals surface area contributed by atoms with Crippen LogP contribution in [0.3, 0.4) is 0 Å². The first kappa shape index (κ1) is 55.4. The second-order valence-electron chi connectivity index (χ2n) is 26.7. The van der Waals surface area contributed by atoms with Crippen molar-refractivity contribution in [2.24, 2.45) is 34.5 Å². The molecule has 0 unspecified atom stereocenters. The third-order valence-corrected chi connectivity index (χ3v) is 21.2. The van der Waals surface area contributed by atoms with Crippen LogP contribution in [0.25, 0.3) is 33.3 Å². The fourth-order valence-electron chi connectivity index (χ4n) is 16.9. The minimum Gasteiger partial charge on any atom is -0.453 e. The van der Waals surface area contributed by atoms with Gasteiger partial charge < -0.3 is 39.9 Å². The number of imidazole rings is 2. The van der Waals surface area contributed by atoms with E-state index in [-0.39, 0.29) is 58.4 Å². The summed E-state index contributed by atoms with van der Waals surface area (Å²) < 4.78 is 10.1. The van der Waals surface area contributed by atoms with E-state index < -0.39 is 24.3 Å². The molecule has 4 N–H and O–H groups in total. The molecule has 2 aliphatic heterocycles. The van der Waals surface area contributed by atoms with E-state index in [4.69, 9.17) is 26.0 Å². The zero-order valence-electron chi connectivity index (χ0n) is 48.8. The summed E-state index contributed by atoms with van der Waals surface area (Å²) in [7, 11) is 2.73. The van der Waals surface area contributed by atoms with E-state index in [1.165, 1.54) is 110 Å². The average molecular weight is 1100 g/mol. The van der Waals surface area contributed by atoms with E-state index in [1.54, 1.807) is 0 Å². The van der Waals surface area contributed by atoms with Crippen molar-refractivity contribution in [1.29, 1.82) is 0 Å². The normalized spacial score (nSPS) is 26.4. The topological polar surface area (TPSA) is 175 Å². The smallest absolute Gasteiger partial charge is 0.407 e. The molecule has 6 fully saturated rings. The molecule has 4 amide bonds. The maximum absolute atomic E-state index is 14.6. The van der Waals surface area contributed by atoms with Crippen molar-refractivity contribution in [2.45, 2.75) is 199 Å². The zero-order chi connectivity index (χ0) is 56.0. The van der Waals surface area contributed by atoms with Crippen LogP contribution in [-0.2, 0) is 31.9 Å². The number of nitrogens with one attached hydrogen (secondary N) is 4. The molecule has 0 radical (unpaired) electrons. The summed E-state index contributed by atoms with van der Waals surface area (Å²) >= 11 is 0. The van der Waals surface area contributed by atoms with Crippen molar-refractivity contribution >= 4 is 46.2 Å². The van der Waals surface area contributed by atoms with Crippen LogP contribution in [0.2, 0.25) is 0 Å². The molecule has 2 aromatic carbocycles. The molecule has 432 valence electrons. The number of fused-ring (bicyclic) bond motifs is 2. The lowest BCUT2D eigenvalue weighted by atomic mass is 9.74. The lowest BCUT2D eigenvalue weighted by Crippen LogP contribution is -2.52. The highest BCUT2D eigenvalue weighted by Crippen LogP contribution is 2.55. The van der Waals surface area contributed by atoms with Crippen molar-refractivity contribution < 1.29 is 28.7 Å². The minimum atomic E-state index is -0.623. The Hall–Kier alpha value is -6.18. The van der Waals surface area contributed by atoms with Crippen LogP contribution in [0.5, 0.6) is 0 Å². The minimum absolute atomic E-state index is 0.0319. The molecular weight excluding hydrogens is 1010 g/mol. The molecule has 81 heavy (non-hydrogen) atoms. The highest BCUT2D eigenvalue weighted by atomic mass is 16.5. The predicted octanol–water partition coefficient (Wildman–Crippen LogP) is 13.8. The summed E-state index contributed by atoms with van der Waals surface area (Å²) in [5.74, 6) is 2.28. The molecule has 2 aromatic heterocycles. The highest BCUT2D eigenvalue weighted by molar-refractivity contribution is 5.90. The number of likely N-dealkylation sites (tertiary alicyclic amines) is 2. The van der Waals surface area contributed by atoms with Crippen LogP contribution in [-0.4, -0.2) is 93.1 Å². The number of H-pyrrole nitrogens is 2. The Morgan fingerprint density at radius 1 is 0.654 bits per heavy atom. The van der Waals surface area contributed by atoms with E-state index in [0.717, 1.165) is 138 Å². The Bertz CT molecular complexity index is 3090. The largest absolute Gasteiger partial charge is 0.453 e. The average Bonchev–Trinajstić information content (AvgIpc) is 4.56. The van der Waals surface area contributed by atoms with Gasteiger partial charge in [0.2, 0.25) is 11.8 Å². The van der Waals surface area contributed by atoms with Gasteiger partial charge in [-0.25, -0.2) is 19.6 Å². The first-order chi connectivity index (χ1) is 39.3. The van der Waals surface area contributed by atoms with Crippen LogP contribution < -0.4 is 10.6 Å². The number of benzene rings is 2. The van der Waals surface area contributed by atoms with Gasteiger partial charge in [0, 0.05) is 13.1 Å². The summed E-state index contributed by atoms with van der Waals surface area (Å²) in [6.07, 6.45) is 32.5. The number of carbonyl (C=O) groups is 4. The first-order valence-electron chi connectivity index (χ1n) is 31.4. The van der Waals surface area contributed by atoms with E-state index >= 15 is 0 Å². The Kier molecular flexibility index (Phi) is 15.9. The van der Waals surface area contributed by atoms with Crippen molar-refractivity contribution in [2.75, 3.05) is 27.3 Å². The standard InChI is InChI=1S/C67H88N8O6/c1-41-32-56(74(39-41)62(76)58(72-64(78)80-4)45-16-8-6-9-17-45)60-68-38-55(71-60)44-20-22-48(43(3)35-66(31-26-44)27-12-13-28-66)50-24-23-49(51-36-67(37-52(50)51)29-14-15-30-67)47-21-25-53-54(34-47)70-61(69-53)57-33-42(2)40-75(57)63(77)59(73-65(79)81-5)46-18-10-7-11-19-46/h20-25,34,38,41-42,45-46,56-59H,3,6-19,26-33,35-37,39-40H2,1-2,4-5H3,(H,68,71)(H,69,70)(H,72,78)(H,73,79)/b44-20+,48-22?/t41-,42-,56-,57-,58-,59-/m0/s1. The van der Waals surface area contributed by atoms with Crippen LogP contribution >= 0.6 is 0 Å². The highest BCUT2D eigenvalue weighted by Gasteiger charge is 2.46. The van der Waals surface area contributed by atoms with E-state index in [2.05, 4.69) is 76.9 Å². The number of aromatic nitrogens is 4. The van der Waals surface area contributed by atoms with Gasteiger partial charge in [0.15, 0.2) is 0 Å². The van der Waals surface area contributed by atoms with Crippen LogP contribution in [0.15, 0.2) is 60.8 Å². The monoisotopic (exact) mass is 1100 g/mol. The number of methoxy groups -OCH3 is 2. The number of rotatable bonds is 11. The summed E-state index contributed by atoms with van der Waals surface area (Å²) in [5.41, 5.74) is 13.7. The third kappa shape index (κ3) is 11.1. The van der Waals surface area contributed by atoms with Crippen molar-refractivity contribution in [1.82, 2.24) is 40.4 Å². The fraction of sp³-hybridized carbons (Fsp3) is 0.612.